The summed E-state index contributed by atoms with van der Waals surface area (Å²) in [4.78, 5) is 12.3. The molecule has 0 saturated carbocycles. The fraction of sp³-hybridized carbons (Fsp3) is 0.278. The first-order valence-corrected chi connectivity index (χ1v) is 9.50. The fourth-order valence-electron chi connectivity index (χ4n) is 2.16. The van der Waals surface area contributed by atoms with E-state index in [1.165, 1.54) is 36.4 Å². The second kappa shape index (κ2) is 7.99. The Morgan fingerprint density at radius 2 is 1.59 bits per heavy atom. The van der Waals surface area contributed by atoms with Gasteiger partial charge < -0.3 is 10.1 Å². The van der Waals surface area contributed by atoms with Gasteiger partial charge in [-0.15, -0.1) is 13.2 Å². The number of alkyl halides is 3. The molecule has 0 radical (unpaired) electrons. The van der Waals surface area contributed by atoms with Crippen molar-refractivity contribution in [3.8, 4) is 5.75 Å². The van der Waals surface area contributed by atoms with Gasteiger partial charge in [0.25, 0.3) is 5.91 Å². The third-order valence-corrected chi connectivity index (χ3v) is 5.85. The molecule has 0 aliphatic carbocycles. The van der Waals surface area contributed by atoms with Gasteiger partial charge in [-0.3, -0.25) is 4.79 Å². The Kier molecular flexibility index (Phi) is 6.15. The number of carbonyl (C=O) groups excluding carboxylic acids is 1. The molecule has 0 atom stereocenters. The molecule has 1 amide bonds. The predicted molar refractivity (Wildman–Crippen MR) is 93.1 cm³/mol. The largest absolute Gasteiger partial charge is 0.573 e. The van der Waals surface area contributed by atoms with E-state index < -0.39 is 27.4 Å². The lowest BCUT2D eigenvalue weighted by Gasteiger charge is -2.10. The number of rotatable bonds is 6. The maximum atomic E-state index is 12.1. The van der Waals surface area contributed by atoms with Crippen molar-refractivity contribution >= 4 is 15.7 Å². The van der Waals surface area contributed by atoms with Gasteiger partial charge in [-0.1, -0.05) is 12.1 Å². The highest BCUT2D eigenvalue weighted by Crippen LogP contribution is 2.22. The second-order valence-corrected chi connectivity index (χ2v) is 8.50. The third kappa shape index (κ3) is 5.72. The summed E-state index contributed by atoms with van der Waals surface area (Å²) in [7, 11) is -3.42. The van der Waals surface area contributed by atoms with Crippen molar-refractivity contribution < 1.29 is 31.1 Å². The lowest BCUT2D eigenvalue weighted by molar-refractivity contribution is -0.274. The molecule has 2 rings (SSSR count). The van der Waals surface area contributed by atoms with E-state index in [1.807, 2.05) is 0 Å². The lowest BCUT2D eigenvalue weighted by atomic mass is 10.2. The summed E-state index contributed by atoms with van der Waals surface area (Å²) in [5, 5.41) is 2.04. The standard InChI is InChI=1S/C18H18F3NO4S/c1-12(2)27(24,25)16-9-5-14(6-10-16)17(23)22-11-13-3-7-15(8-4-13)26-18(19,20)21/h3-10,12H,11H2,1-2H3,(H,22,23). The Morgan fingerprint density at radius 1 is 1.04 bits per heavy atom. The molecule has 9 heteroatoms. The maximum absolute atomic E-state index is 12.1. The average Bonchev–Trinajstić information content (AvgIpc) is 2.59. The molecule has 5 nitrogen and oxygen atoms in total. The van der Waals surface area contributed by atoms with Crippen molar-refractivity contribution in [3.05, 3.63) is 59.7 Å². The number of amides is 1. The maximum Gasteiger partial charge on any atom is 0.573 e. The quantitative estimate of drug-likeness (QED) is 0.801. The minimum Gasteiger partial charge on any atom is -0.406 e. The van der Waals surface area contributed by atoms with Gasteiger partial charge in [0.2, 0.25) is 0 Å². The van der Waals surface area contributed by atoms with E-state index in [2.05, 4.69) is 10.1 Å². The molecule has 0 spiro atoms. The summed E-state index contributed by atoms with van der Waals surface area (Å²) < 4.78 is 64.2. The molecule has 0 aromatic heterocycles. The van der Waals surface area contributed by atoms with Crippen molar-refractivity contribution in [2.24, 2.45) is 0 Å². The van der Waals surface area contributed by atoms with E-state index in [1.54, 1.807) is 13.8 Å². The summed E-state index contributed by atoms with van der Waals surface area (Å²) in [5.41, 5.74) is 0.853. The zero-order valence-corrected chi connectivity index (χ0v) is 15.4. The van der Waals surface area contributed by atoms with Crippen LogP contribution < -0.4 is 10.1 Å². The molecule has 0 saturated heterocycles. The lowest BCUT2D eigenvalue weighted by Crippen LogP contribution is -2.23. The Balaban J connectivity index is 1.98. The number of hydrogen-bond donors (Lipinski definition) is 1. The van der Waals surface area contributed by atoms with Crippen molar-refractivity contribution in [3.63, 3.8) is 0 Å². The van der Waals surface area contributed by atoms with Crippen LogP contribution >= 0.6 is 0 Å². The van der Waals surface area contributed by atoms with Crippen LogP contribution in [0, 0.1) is 0 Å². The van der Waals surface area contributed by atoms with Gasteiger partial charge in [0.15, 0.2) is 9.84 Å². The molecule has 0 unspecified atom stereocenters. The number of carbonyl (C=O) groups is 1. The molecule has 0 heterocycles. The molecular weight excluding hydrogens is 383 g/mol. The molecule has 0 aliphatic rings. The number of sulfone groups is 1. The molecule has 0 aliphatic heterocycles. The average molecular weight is 401 g/mol. The number of ether oxygens (including phenoxy) is 1. The number of hydrogen-bond acceptors (Lipinski definition) is 4. The van der Waals surface area contributed by atoms with Crippen LogP contribution in [0.1, 0.15) is 29.8 Å². The molecule has 2 aromatic rings. The topological polar surface area (TPSA) is 72.5 Å². The second-order valence-electron chi connectivity index (χ2n) is 5.99. The van der Waals surface area contributed by atoms with Gasteiger partial charge in [-0.2, -0.15) is 0 Å². The highest BCUT2D eigenvalue weighted by molar-refractivity contribution is 7.92. The first-order valence-electron chi connectivity index (χ1n) is 7.96. The van der Waals surface area contributed by atoms with Crippen LogP contribution in [0.15, 0.2) is 53.4 Å². The van der Waals surface area contributed by atoms with Crippen LogP contribution in [0.5, 0.6) is 5.75 Å². The van der Waals surface area contributed by atoms with E-state index in [0.717, 1.165) is 12.1 Å². The summed E-state index contributed by atoms with van der Waals surface area (Å²) >= 11 is 0. The summed E-state index contributed by atoms with van der Waals surface area (Å²) in [5.74, 6) is -0.779. The van der Waals surface area contributed by atoms with Crippen LogP contribution in [-0.4, -0.2) is 25.9 Å². The third-order valence-electron chi connectivity index (χ3n) is 3.68. The van der Waals surface area contributed by atoms with Gasteiger partial charge in [-0.25, -0.2) is 8.42 Å². The Morgan fingerprint density at radius 3 is 2.07 bits per heavy atom. The Bertz CT molecular complexity index is 890. The SMILES string of the molecule is CC(C)S(=O)(=O)c1ccc(C(=O)NCc2ccc(OC(F)(F)F)cc2)cc1. The summed E-state index contributed by atoms with van der Waals surface area (Å²) in [6.07, 6.45) is -4.76. The normalized spacial score (nSPS) is 12.1. The van der Waals surface area contributed by atoms with Crippen molar-refractivity contribution in [2.75, 3.05) is 0 Å². The Hall–Kier alpha value is -2.55. The van der Waals surface area contributed by atoms with Gasteiger partial charge in [0, 0.05) is 12.1 Å². The number of nitrogens with one attached hydrogen (secondary N) is 1. The van der Waals surface area contributed by atoms with Gasteiger partial charge in [0.1, 0.15) is 5.75 Å². The first-order chi connectivity index (χ1) is 12.5. The predicted octanol–water partition coefficient (Wildman–Crippen LogP) is 3.70. The highest BCUT2D eigenvalue weighted by atomic mass is 32.2. The van der Waals surface area contributed by atoms with E-state index in [9.17, 15) is 26.4 Å². The molecule has 1 N–H and O–H groups in total. The molecular formula is C18H18F3NO4S. The van der Waals surface area contributed by atoms with Crippen molar-refractivity contribution in [2.45, 2.75) is 36.9 Å². The highest BCUT2D eigenvalue weighted by Gasteiger charge is 2.30. The fourth-order valence-corrected chi connectivity index (χ4v) is 3.22. The summed E-state index contributed by atoms with van der Waals surface area (Å²) in [6.45, 7) is 3.24. The van der Waals surface area contributed by atoms with Crippen LogP contribution in [-0.2, 0) is 16.4 Å². The van der Waals surface area contributed by atoms with E-state index >= 15 is 0 Å². The minimum absolute atomic E-state index is 0.0944. The molecule has 27 heavy (non-hydrogen) atoms. The monoisotopic (exact) mass is 401 g/mol. The molecule has 0 bridgehead atoms. The number of halogens is 3. The summed E-state index contributed by atoms with van der Waals surface area (Å²) in [6, 6.07) is 10.7. The van der Waals surface area contributed by atoms with E-state index in [0.29, 0.717) is 5.56 Å². The molecule has 0 fully saturated rings. The zero-order valence-electron chi connectivity index (χ0n) is 14.6. The Labute approximate surface area is 155 Å². The minimum atomic E-state index is -4.76. The smallest absolute Gasteiger partial charge is 0.406 e. The van der Waals surface area contributed by atoms with Gasteiger partial charge in [-0.05, 0) is 55.8 Å². The number of benzene rings is 2. The van der Waals surface area contributed by atoms with Crippen LogP contribution in [0.2, 0.25) is 0 Å². The van der Waals surface area contributed by atoms with Crippen LogP contribution in [0.4, 0.5) is 13.2 Å². The van der Waals surface area contributed by atoms with E-state index in [4.69, 9.17) is 0 Å². The van der Waals surface area contributed by atoms with Crippen molar-refractivity contribution in [1.29, 1.82) is 0 Å². The van der Waals surface area contributed by atoms with Gasteiger partial charge in [0.05, 0.1) is 10.1 Å². The van der Waals surface area contributed by atoms with Gasteiger partial charge >= 0.3 is 6.36 Å². The van der Waals surface area contributed by atoms with Crippen molar-refractivity contribution in [1.82, 2.24) is 5.32 Å². The zero-order chi connectivity index (χ0) is 20.2. The molecule has 146 valence electrons. The van der Waals surface area contributed by atoms with Crippen LogP contribution in [0.25, 0.3) is 0 Å². The molecule has 2 aromatic carbocycles. The van der Waals surface area contributed by atoms with Crippen LogP contribution in [0.3, 0.4) is 0 Å². The first kappa shape index (κ1) is 20.8. The van der Waals surface area contributed by atoms with E-state index in [-0.39, 0.29) is 22.8 Å².